The van der Waals surface area contributed by atoms with Gasteiger partial charge in [0.2, 0.25) is 0 Å². The minimum absolute atomic E-state index is 0.188. The van der Waals surface area contributed by atoms with Crippen LogP contribution in [-0.2, 0) is 4.79 Å². The Labute approximate surface area is 121 Å². The summed E-state index contributed by atoms with van der Waals surface area (Å²) < 4.78 is 0. The van der Waals surface area contributed by atoms with Gasteiger partial charge in [-0.3, -0.25) is 9.69 Å². The van der Waals surface area contributed by atoms with Crippen LogP contribution in [0.4, 0.5) is 5.69 Å². The van der Waals surface area contributed by atoms with Crippen molar-refractivity contribution in [3.8, 4) is 0 Å². The molecular weight excluding hydrogens is 252 g/mol. The van der Waals surface area contributed by atoms with E-state index in [4.69, 9.17) is 5.11 Å². The van der Waals surface area contributed by atoms with E-state index in [0.29, 0.717) is 18.6 Å². The highest BCUT2D eigenvalue weighted by molar-refractivity contribution is 5.67. The van der Waals surface area contributed by atoms with Crippen LogP contribution in [0.5, 0.6) is 0 Å². The number of benzene rings is 1. The number of likely N-dealkylation sites (tertiary alicyclic amines) is 1. The summed E-state index contributed by atoms with van der Waals surface area (Å²) in [6.45, 7) is 7.12. The third kappa shape index (κ3) is 3.73. The minimum atomic E-state index is -0.732. The van der Waals surface area contributed by atoms with E-state index >= 15 is 0 Å². The van der Waals surface area contributed by atoms with E-state index in [1.54, 1.807) is 0 Å². The first-order valence-electron chi connectivity index (χ1n) is 7.35. The fourth-order valence-electron chi connectivity index (χ4n) is 2.85. The van der Waals surface area contributed by atoms with Crippen LogP contribution in [0, 0.1) is 0 Å². The highest BCUT2D eigenvalue weighted by atomic mass is 16.4. The SMILES string of the molecule is CC(C)N1CCC(N(CCC(=O)O)c2ccccc2)C1. The van der Waals surface area contributed by atoms with E-state index in [1.165, 1.54) is 0 Å². The molecule has 110 valence electrons. The molecule has 1 heterocycles. The van der Waals surface area contributed by atoms with E-state index < -0.39 is 5.97 Å². The molecule has 0 radical (unpaired) electrons. The van der Waals surface area contributed by atoms with Crippen molar-refractivity contribution in [2.45, 2.75) is 38.8 Å². The summed E-state index contributed by atoms with van der Waals surface area (Å²) in [5.74, 6) is -0.732. The van der Waals surface area contributed by atoms with Crippen LogP contribution in [0.2, 0.25) is 0 Å². The van der Waals surface area contributed by atoms with E-state index in [1.807, 2.05) is 18.2 Å². The molecule has 0 spiro atoms. The lowest BCUT2D eigenvalue weighted by atomic mass is 10.1. The van der Waals surface area contributed by atoms with Gasteiger partial charge in [0, 0.05) is 37.4 Å². The summed E-state index contributed by atoms with van der Waals surface area (Å²) in [6, 6.07) is 11.1. The molecule has 0 saturated carbocycles. The monoisotopic (exact) mass is 276 g/mol. The Kier molecular flexibility index (Phi) is 5.01. The largest absolute Gasteiger partial charge is 0.481 e. The van der Waals surface area contributed by atoms with Gasteiger partial charge in [-0.05, 0) is 32.4 Å². The van der Waals surface area contributed by atoms with E-state index in [2.05, 4.69) is 35.8 Å². The minimum Gasteiger partial charge on any atom is -0.481 e. The molecule has 4 heteroatoms. The molecule has 1 aromatic carbocycles. The number of anilines is 1. The first-order valence-corrected chi connectivity index (χ1v) is 7.35. The lowest BCUT2D eigenvalue weighted by Gasteiger charge is -2.31. The smallest absolute Gasteiger partial charge is 0.305 e. The van der Waals surface area contributed by atoms with Gasteiger partial charge < -0.3 is 10.0 Å². The van der Waals surface area contributed by atoms with Crippen LogP contribution in [0.1, 0.15) is 26.7 Å². The van der Waals surface area contributed by atoms with Crippen molar-refractivity contribution < 1.29 is 9.90 Å². The highest BCUT2D eigenvalue weighted by Crippen LogP contribution is 2.24. The second-order valence-electron chi connectivity index (χ2n) is 5.70. The maximum absolute atomic E-state index is 10.9. The molecule has 20 heavy (non-hydrogen) atoms. The number of hydrogen-bond acceptors (Lipinski definition) is 3. The fourth-order valence-corrected chi connectivity index (χ4v) is 2.85. The molecule has 1 N–H and O–H groups in total. The van der Waals surface area contributed by atoms with Gasteiger partial charge in [0.15, 0.2) is 0 Å². The molecule has 1 unspecified atom stereocenters. The third-order valence-electron chi connectivity index (χ3n) is 4.02. The van der Waals surface area contributed by atoms with Crippen LogP contribution in [0.3, 0.4) is 0 Å². The summed E-state index contributed by atoms with van der Waals surface area (Å²) in [5.41, 5.74) is 1.13. The predicted molar refractivity (Wildman–Crippen MR) is 81.2 cm³/mol. The molecule has 0 aromatic heterocycles. The van der Waals surface area contributed by atoms with Crippen LogP contribution in [0.25, 0.3) is 0 Å². The number of carbonyl (C=O) groups is 1. The molecular formula is C16H24N2O2. The molecule has 1 saturated heterocycles. The fraction of sp³-hybridized carbons (Fsp3) is 0.562. The van der Waals surface area contributed by atoms with Crippen molar-refractivity contribution in [2.24, 2.45) is 0 Å². The van der Waals surface area contributed by atoms with Gasteiger partial charge in [0.05, 0.1) is 6.42 Å². The molecule has 0 bridgehead atoms. The van der Waals surface area contributed by atoms with Crippen molar-refractivity contribution in [3.63, 3.8) is 0 Å². The maximum atomic E-state index is 10.9. The standard InChI is InChI=1S/C16H24N2O2/c1-13(2)17-10-8-15(12-17)18(11-9-16(19)20)14-6-4-3-5-7-14/h3-7,13,15H,8-12H2,1-2H3,(H,19,20). The Hall–Kier alpha value is -1.55. The van der Waals surface area contributed by atoms with Crippen molar-refractivity contribution >= 4 is 11.7 Å². The number of aliphatic carboxylic acids is 1. The topological polar surface area (TPSA) is 43.8 Å². The van der Waals surface area contributed by atoms with Crippen LogP contribution in [0.15, 0.2) is 30.3 Å². The molecule has 2 rings (SSSR count). The summed E-state index contributed by atoms with van der Waals surface area (Å²) >= 11 is 0. The number of nitrogens with zero attached hydrogens (tertiary/aromatic N) is 2. The number of carboxylic acids is 1. The number of hydrogen-bond donors (Lipinski definition) is 1. The molecule has 0 aliphatic carbocycles. The molecule has 1 aromatic rings. The zero-order valence-electron chi connectivity index (χ0n) is 12.3. The number of para-hydroxylation sites is 1. The van der Waals surface area contributed by atoms with Gasteiger partial charge in [-0.1, -0.05) is 18.2 Å². The van der Waals surface area contributed by atoms with E-state index in [0.717, 1.165) is 25.2 Å². The summed E-state index contributed by atoms with van der Waals surface area (Å²) in [7, 11) is 0. The summed E-state index contributed by atoms with van der Waals surface area (Å²) in [5, 5.41) is 8.96. The van der Waals surface area contributed by atoms with Gasteiger partial charge in [-0.2, -0.15) is 0 Å². The highest BCUT2D eigenvalue weighted by Gasteiger charge is 2.29. The Morgan fingerprint density at radius 1 is 1.40 bits per heavy atom. The number of carboxylic acid groups (broad SMARTS) is 1. The van der Waals surface area contributed by atoms with Gasteiger partial charge in [0.1, 0.15) is 0 Å². The average Bonchev–Trinajstić information content (AvgIpc) is 2.90. The predicted octanol–water partition coefficient (Wildman–Crippen LogP) is 2.45. The normalized spacial score (nSPS) is 19.4. The van der Waals surface area contributed by atoms with Crippen LogP contribution < -0.4 is 4.90 Å². The van der Waals surface area contributed by atoms with Gasteiger partial charge in [-0.25, -0.2) is 0 Å². The zero-order valence-corrected chi connectivity index (χ0v) is 12.3. The van der Waals surface area contributed by atoms with E-state index in [9.17, 15) is 4.79 Å². The van der Waals surface area contributed by atoms with Crippen molar-refractivity contribution in [2.75, 3.05) is 24.5 Å². The number of rotatable bonds is 6. The van der Waals surface area contributed by atoms with Gasteiger partial charge >= 0.3 is 5.97 Å². The first-order chi connectivity index (χ1) is 9.58. The molecule has 1 aliphatic heterocycles. The van der Waals surface area contributed by atoms with Crippen LogP contribution >= 0.6 is 0 Å². The molecule has 0 amide bonds. The van der Waals surface area contributed by atoms with Crippen molar-refractivity contribution in [1.82, 2.24) is 4.90 Å². The Bertz CT molecular complexity index is 433. The summed E-state index contributed by atoms with van der Waals surface area (Å²) in [6.07, 6.45) is 1.29. The van der Waals surface area contributed by atoms with Gasteiger partial charge in [0.25, 0.3) is 0 Å². The molecule has 1 aliphatic rings. The quantitative estimate of drug-likeness (QED) is 0.867. The Morgan fingerprint density at radius 3 is 2.65 bits per heavy atom. The lowest BCUT2D eigenvalue weighted by molar-refractivity contribution is -0.136. The first kappa shape index (κ1) is 14.9. The summed E-state index contributed by atoms with van der Waals surface area (Å²) in [4.78, 5) is 15.6. The Morgan fingerprint density at radius 2 is 2.10 bits per heavy atom. The van der Waals surface area contributed by atoms with Crippen molar-refractivity contribution in [3.05, 3.63) is 30.3 Å². The second kappa shape index (κ2) is 6.75. The maximum Gasteiger partial charge on any atom is 0.305 e. The molecule has 1 fully saturated rings. The average molecular weight is 276 g/mol. The lowest BCUT2D eigenvalue weighted by Crippen LogP contribution is -2.40. The third-order valence-corrected chi connectivity index (χ3v) is 4.02. The zero-order chi connectivity index (χ0) is 14.5. The van der Waals surface area contributed by atoms with Gasteiger partial charge in [-0.15, -0.1) is 0 Å². The van der Waals surface area contributed by atoms with E-state index in [-0.39, 0.29) is 6.42 Å². The van der Waals surface area contributed by atoms with Crippen molar-refractivity contribution in [1.29, 1.82) is 0 Å². The second-order valence-corrected chi connectivity index (χ2v) is 5.70. The van der Waals surface area contributed by atoms with Crippen LogP contribution in [-0.4, -0.2) is 47.7 Å². The molecule has 4 nitrogen and oxygen atoms in total. The Balaban J connectivity index is 2.09. The molecule has 1 atom stereocenters.